The van der Waals surface area contributed by atoms with Crippen molar-refractivity contribution >= 4 is 32.7 Å². The molecule has 1 heterocycles. The van der Waals surface area contributed by atoms with Gasteiger partial charge in [0.05, 0.1) is 7.11 Å². The molecule has 0 spiro atoms. The monoisotopic (exact) mass is 349 g/mol. The summed E-state index contributed by atoms with van der Waals surface area (Å²) in [6.45, 7) is 0.651. The lowest BCUT2D eigenvalue weighted by molar-refractivity contribution is -0.142. The summed E-state index contributed by atoms with van der Waals surface area (Å²) in [5.41, 5.74) is 0. The SMILES string of the molecule is COC(=O)[C@@H]1C[C@H](Oc2ccc3cc(Br)ccc3c2)CN1. The number of rotatable bonds is 3. The molecule has 110 valence electrons. The minimum Gasteiger partial charge on any atom is -0.489 e. The van der Waals surface area contributed by atoms with Gasteiger partial charge in [-0.05, 0) is 35.0 Å². The molecule has 0 radical (unpaired) electrons. The summed E-state index contributed by atoms with van der Waals surface area (Å²) in [5, 5.41) is 5.41. The lowest BCUT2D eigenvalue weighted by Crippen LogP contribution is -2.31. The van der Waals surface area contributed by atoms with Crippen LogP contribution in [0.15, 0.2) is 40.9 Å². The van der Waals surface area contributed by atoms with Crippen molar-refractivity contribution in [3.05, 3.63) is 40.9 Å². The number of hydrogen-bond donors (Lipinski definition) is 1. The van der Waals surface area contributed by atoms with E-state index < -0.39 is 0 Å². The second kappa shape index (κ2) is 6.03. The fourth-order valence-electron chi connectivity index (χ4n) is 2.58. The molecule has 1 saturated heterocycles. The van der Waals surface area contributed by atoms with E-state index in [0.717, 1.165) is 21.0 Å². The van der Waals surface area contributed by atoms with E-state index in [4.69, 9.17) is 9.47 Å². The van der Waals surface area contributed by atoms with E-state index in [0.29, 0.717) is 13.0 Å². The first-order valence-electron chi connectivity index (χ1n) is 6.83. The Balaban J connectivity index is 1.71. The smallest absolute Gasteiger partial charge is 0.323 e. The second-order valence-electron chi connectivity index (χ2n) is 5.11. The fraction of sp³-hybridized carbons (Fsp3) is 0.312. The highest BCUT2D eigenvalue weighted by atomic mass is 79.9. The molecule has 0 saturated carbocycles. The van der Waals surface area contributed by atoms with Crippen LogP contribution in [-0.4, -0.2) is 31.8 Å². The number of fused-ring (bicyclic) bond motifs is 1. The van der Waals surface area contributed by atoms with Crippen molar-refractivity contribution in [1.82, 2.24) is 5.32 Å². The molecule has 0 aromatic heterocycles. The summed E-state index contributed by atoms with van der Waals surface area (Å²) in [4.78, 5) is 11.5. The van der Waals surface area contributed by atoms with Crippen molar-refractivity contribution in [1.29, 1.82) is 0 Å². The number of nitrogens with one attached hydrogen (secondary N) is 1. The molecule has 2 aromatic rings. The highest BCUT2D eigenvalue weighted by molar-refractivity contribution is 9.10. The van der Waals surface area contributed by atoms with Gasteiger partial charge in [0, 0.05) is 17.4 Å². The highest BCUT2D eigenvalue weighted by Crippen LogP contribution is 2.25. The van der Waals surface area contributed by atoms with Gasteiger partial charge in [-0.15, -0.1) is 0 Å². The number of hydrogen-bond acceptors (Lipinski definition) is 4. The quantitative estimate of drug-likeness (QED) is 0.865. The molecule has 0 aliphatic carbocycles. The number of methoxy groups -OCH3 is 1. The first-order valence-corrected chi connectivity index (χ1v) is 7.62. The first-order chi connectivity index (χ1) is 10.2. The van der Waals surface area contributed by atoms with Gasteiger partial charge in [0.1, 0.15) is 17.9 Å². The number of halogens is 1. The summed E-state index contributed by atoms with van der Waals surface area (Å²) in [5.74, 6) is 0.589. The average Bonchev–Trinajstić information content (AvgIpc) is 2.95. The third-order valence-electron chi connectivity index (χ3n) is 3.65. The second-order valence-corrected chi connectivity index (χ2v) is 6.03. The summed E-state index contributed by atoms with van der Waals surface area (Å²) >= 11 is 3.47. The Hall–Kier alpha value is -1.59. The predicted molar refractivity (Wildman–Crippen MR) is 84.5 cm³/mol. The van der Waals surface area contributed by atoms with Crippen LogP contribution in [0.1, 0.15) is 6.42 Å². The number of ether oxygens (including phenoxy) is 2. The van der Waals surface area contributed by atoms with E-state index in [1.54, 1.807) is 0 Å². The maximum absolute atomic E-state index is 11.5. The zero-order valence-corrected chi connectivity index (χ0v) is 13.2. The summed E-state index contributed by atoms with van der Waals surface area (Å²) in [6, 6.07) is 11.9. The van der Waals surface area contributed by atoms with Crippen LogP contribution in [0.25, 0.3) is 10.8 Å². The zero-order valence-electron chi connectivity index (χ0n) is 11.6. The molecule has 0 bridgehead atoms. The molecule has 4 nitrogen and oxygen atoms in total. The van der Waals surface area contributed by atoms with Crippen molar-refractivity contribution < 1.29 is 14.3 Å². The van der Waals surface area contributed by atoms with Crippen LogP contribution in [0, 0.1) is 0 Å². The topological polar surface area (TPSA) is 47.6 Å². The third-order valence-corrected chi connectivity index (χ3v) is 4.15. The molecule has 1 fully saturated rings. The van der Waals surface area contributed by atoms with Crippen LogP contribution >= 0.6 is 15.9 Å². The number of esters is 1. The Morgan fingerprint density at radius 1 is 1.24 bits per heavy atom. The van der Waals surface area contributed by atoms with Gasteiger partial charge < -0.3 is 14.8 Å². The average molecular weight is 350 g/mol. The maximum Gasteiger partial charge on any atom is 0.323 e. The normalized spacial score (nSPS) is 21.4. The Kier molecular flexibility index (Phi) is 4.12. The van der Waals surface area contributed by atoms with Gasteiger partial charge >= 0.3 is 5.97 Å². The van der Waals surface area contributed by atoms with Crippen LogP contribution < -0.4 is 10.1 Å². The van der Waals surface area contributed by atoms with Gasteiger partial charge in [-0.25, -0.2) is 0 Å². The Morgan fingerprint density at radius 3 is 2.81 bits per heavy atom. The zero-order chi connectivity index (χ0) is 14.8. The molecule has 2 aromatic carbocycles. The molecule has 21 heavy (non-hydrogen) atoms. The van der Waals surface area contributed by atoms with E-state index in [9.17, 15) is 4.79 Å². The molecule has 1 aliphatic rings. The first kappa shape index (κ1) is 14.4. The Morgan fingerprint density at radius 2 is 2.00 bits per heavy atom. The summed E-state index contributed by atoms with van der Waals surface area (Å²) in [6.07, 6.45) is 0.618. The van der Waals surface area contributed by atoms with Crippen LogP contribution in [0.2, 0.25) is 0 Å². The maximum atomic E-state index is 11.5. The summed E-state index contributed by atoms with van der Waals surface area (Å²) < 4.78 is 11.8. The molecule has 0 unspecified atom stereocenters. The lowest BCUT2D eigenvalue weighted by Gasteiger charge is -2.13. The van der Waals surface area contributed by atoms with Crippen molar-refractivity contribution in [2.24, 2.45) is 0 Å². The van der Waals surface area contributed by atoms with Gasteiger partial charge in [-0.1, -0.05) is 28.1 Å². The van der Waals surface area contributed by atoms with Crippen LogP contribution in [0.5, 0.6) is 5.75 Å². The van der Waals surface area contributed by atoms with E-state index in [1.807, 2.05) is 24.3 Å². The molecule has 1 N–H and O–H groups in total. The molecule has 3 rings (SSSR count). The minimum atomic E-state index is -0.267. The number of benzene rings is 2. The van der Waals surface area contributed by atoms with Gasteiger partial charge in [-0.2, -0.15) is 0 Å². The van der Waals surface area contributed by atoms with Crippen molar-refractivity contribution in [2.75, 3.05) is 13.7 Å². The molecule has 5 heteroatoms. The predicted octanol–water partition coefficient (Wildman–Crippen LogP) is 2.88. The largest absolute Gasteiger partial charge is 0.489 e. The number of carbonyl (C=O) groups is 1. The van der Waals surface area contributed by atoms with Gasteiger partial charge in [0.15, 0.2) is 0 Å². The van der Waals surface area contributed by atoms with Crippen molar-refractivity contribution in [3.63, 3.8) is 0 Å². The van der Waals surface area contributed by atoms with Crippen LogP contribution in [0.3, 0.4) is 0 Å². The Labute approximate surface area is 131 Å². The van der Waals surface area contributed by atoms with Crippen molar-refractivity contribution in [2.45, 2.75) is 18.6 Å². The lowest BCUT2D eigenvalue weighted by atomic mass is 10.1. The van der Waals surface area contributed by atoms with Crippen LogP contribution in [-0.2, 0) is 9.53 Å². The number of carbonyl (C=O) groups excluding carboxylic acids is 1. The molecular weight excluding hydrogens is 334 g/mol. The highest BCUT2D eigenvalue weighted by Gasteiger charge is 2.31. The standard InChI is InChI=1S/C16H16BrNO3/c1-20-16(19)15-8-14(9-18-15)21-13-5-3-10-6-12(17)4-2-11(10)7-13/h2-7,14-15,18H,8-9H2,1H3/t14-,15-/m0/s1. The third kappa shape index (κ3) is 3.19. The van der Waals surface area contributed by atoms with E-state index in [1.165, 1.54) is 7.11 Å². The minimum absolute atomic E-state index is 0.0120. The van der Waals surface area contributed by atoms with Gasteiger partial charge in [0.2, 0.25) is 0 Å². The van der Waals surface area contributed by atoms with Gasteiger partial charge in [-0.3, -0.25) is 4.79 Å². The molecule has 0 amide bonds. The fourth-order valence-corrected chi connectivity index (χ4v) is 2.95. The van der Waals surface area contributed by atoms with Crippen molar-refractivity contribution in [3.8, 4) is 5.75 Å². The Bertz CT molecular complexity index is 674. The summed E-state index contributed by atoms with van der Waals surface area (Å²) in [7, 11) is 1.40. The van der Waals surface area contributed by atoms with Gasteiger partial charge in [0.25, 0.3) is 0 Å². The molecule has 1 aliphatic heterocycles. The van der Waals surface area contributed by atoms with E-state index in [2.05, 4.69) is 33.4 Å². The van der Waals surface area contributed by atoms with E-state index >= 15 is 0 Å². The van der Waals surface area contributed by atoms with E-state index in [-0.39, 0.29) is 18.1 Å². The van der Waals surface area contributed by atoms with Crippen LogP contribution in [0.4, 0.5) is 0 Å². The molecule has 2 atom stereocenters. The molecular formula is C16H16BrNO3.